The number of nitrogens with zero attached hydrogens (tertiary/aromatic N) is 1. The van der Waals surface area contributed by atoms with Crippen LogP contribution in [0.15, 0.2) is 18.2 Å². The van der Waals surface area contributed by atoms with Crippen LogP contribution in [0.25, 0.3) is 0 Å². The van der Waals surface area contributed by atoms with Crippen LogP contribution in [0, 0.1) is 0 Å². The van der Waals surface area contributed by atoms with Crippen molar-refractivity contribution in [3.63, 3.8) is 0 Å². The van der Waals surface area contributed by atoms with Gasteiger partial charge in [0.15, 0.2) is 0 Å². The Hall–Kier alpha value is -1.55. The van der Waals surface area contributed by atoms with E-state index >= 15 is 0 Å². The number of carbonyl (C=O) groups excluding carboxylic acids is 1. The molecule has 1 aromatic carbocycles. The van der Waals surface area contributed by atoms with E-state index in [9.17, 15) is 4.79 Å². The van der Waals surface area contributed by atoms with Crippen LogP contribution < -0.4 is 4.90 Å². The SMILES string of the molecule is COC(=O)c1cc(C(C)OC)ccc1N1CCCC1. The molecule has 0 bridgehead atoms. The molecule has 104 valence electrons. The maximum atomic E-state index is 12.0. The van der Waals surface area contributed by atoms with Gasteiger partial charge in [0.25, 0.3) is 0 Å². The Morgan fingerprint density at radius 3 is 2.53 bits per heavy atom. The van der Waals surface area contributed by atoms with Crippen molar-refractivity contribution in [2.45, 2.75) is 25.9 Å². The summed E-state index contributed by atoms with van der Waals surface area (Å²) in [6.07, 6.45) is 2.32. The third-order valence-electron chi connectivity index (χ3n) is 3.70. The van der Waals surface area contributed by atoms with Gasteiger partial charge < -0.3 is 14.4 Å². The predicted molar refractivity (Wildman–Crippen MR) is 74.7 cm³/mol. The zero-order valence-electron chi connectivity index (χ0n) is 11.8. The van der Waals surface area contributed by atoms with Gasteiger partial charge in [0.1, 0.15) is 0 Å². The lowest BCUT2D eigenvalue weighted by Gasteiger charge is -2.22. The predicted octanol–water partition coefficient (Wildman–Crippen LogP) is 2.78. The molecule has 1 aliphatic rings. The molecule has 0 aromatic heterocycles. The van der Waals surface area contributed by atoms with Crippen molar-refractivity contribution in [3.8, 4) is 0 Å². The number of anilines is 1. The van der Waals surface area contributed by atoms with Gasteiger partial charge in [0.2, 0.25) is 0 Å². The highest BCUT2D eigenvalue weighted by atomic mass is 16.5. The summed E-state index contributed by atoms with van der Waals surface area (Å²) < 4.78 is 10.2. The Balaban J connectivity index is 2.39. The smallest absolute Gasteiger partial charge is 0.339 e. The van der Waals surface area contributed by atoms with E-state index in [0.29, 0.717) is 5.56 Å². The monoisotopic (exact) mass is 263 g/mol. The Labute approximate surface area is 114 Å². The third-order valence-corrected chi connectivity index (χ3v) is 3.70. The van der Waals surface area contributed by atoms with Crippen LogP contribution in [-0.4, -0.2) is 33.3 Å². The molecule has 0 radical (unpaired) electrons. The summed E-state index contributed by atoms with van der Waals surface area (Å²) in [6, 6.07) is 5.91. The van der Waals surface area contributed by atoms with Crippen LogP contribution in [0.3, 0.4) is 0 Å². The van der Waals surface area contributed by atoms with Crippen LogP contribution in [0.4, 0.5) is 5.69 Å². The van der Waals surface area contributed by atoms with Gasteiger partial charge in [-0.2, -0.15) is 0 Å². The first-order chi connectivity index (χ1) is 9.17. The molecular weight excluding hydrogens is 242 g/mol. The van der Waals surface area contributed by atoms with Gasteiger partial charge in [-0.25, -0.2) is 4.79 Å². The van der Waals surface area contributed by atoms with Crippen molar-refractivity contribution in [2.75, 3.05) is 32.2 Å². The van der Waals surface area contributed by atoms with E-state index in [2.05, 4.69) is 4.90 Å². The average Bonchev–Trinajstić information content (AvgIpc) is 2.99. The maximum absolute atomic E-state index is 12.0. The summed E-state index contributed by atoms with van der Waals surface area (Å²) in [5.74, 6) is -0.285. The Morgan fingerprint density at radius 1 is 1.26 bits per heavy atom. The zero-order valence-corrected chi connectivity index (χ0v) is 11.8. The summed E-state index contributed by atoms with van der Waals surface area (Å²) in [5.41, 5.74) is 2.59. The molecule has 19 heavy (non-hydrogen) atoms. The van der Waals surface area contributed by atoms with Crippen molar-refractivity contribution in [1.82, 2.24) is 0 Å². The number of hydrogen-bond donors (Lipinski definition) is 0. The van der Waals surface area contributed by atoms with E-state index in [1.165, 1.54) is 20.0 Å². The molecular formula is C15H21NO3. The fourth-order valence-corrected chi connectivity index (χ4v) is 2.45. The fraction of sp³-hybridized carbons (Fsp3) is 0.533. The summed E-state index contributed by atoms with van der Waals surface area (Å²) in [7, 11) is 3.08. The van der Waals surface area contributed by atoms with Crippen molar-refractivity contribution < 1.29 is 14.3 Å². The lowest BCUT2D eigenvalue weighted by atomic mass is 10.0. The molecule has 0 N–H and O–H groups in total. The Kier molecular flexibility index (Phi) is 4.43. The lowest BCUT2D eigenvalue weighted by molar-refractivity contribution is 0.0601. The molecule has 1 heterocycles. The van der Waals surface area contributed by atoms with Crippen molar-refractivity contribution in [1.29, 1.82) is 0 Å². The van der Waals surface area contributed by atoms with E-state index in [-0.39, 0.29) is 12.1 Å². The third kappa shape index (κ3) is 2.89. The van der Waals surface area contributed by atoms with E-state index in [4.69, 9.17) is 9.47 Å². The second-order valence-electron chi connectivity index (χ2n) is 4.84. The highest BCUT2D eigenvalue weighted by Crippen LogP contribution is 2.28. The summed E-state index contributed by atoms with van der Waals surface area (Å²) in [5, 5.41) is 0. The minimum atomic E-state index is -0.285. The van der Waals surface area contributed by atoms with Gasteiger partial charge >= 0.3 is 5.97 Å². The minimum Gasteiger partial charge on any atom is -0.465 e. The van der Waals surface area contributed by atoms with E-state index in [1.807, 2.05) is 25.1 Å². The molecule has 0 amide bonds. The topological polar surface area (TPSA) is 38.8 Å². The van der Waals surface area contributed by atoms with E-state index in [0.717, 1.165) is 24.3 Å². The fourth-order valence-electron chi connectivity index (χ4n) is 2.45. The lowest BCUT2D eigenvalue weighted by Crippen LogP contribution is -2.21. The Morgan fingerprint density at radius 2 is 1.95 bits per heavy atom. The van der Waals surface area contributed by atoms with Gasteiger partial charge in [-0.15, -0.1) is 0 Å². The second-order valence-corrected chi connectivity index (χ2v) is 4.84. The molecule has 1 atom stereocenters. The number of methoxy groups -OCH3 is 2. The van der Waals surface area contributed by atoms with Gasteiger partial charge in [0.05, 0.1) is 24.5 Å². The number of ether oxygens (including phenoxy) is 2. The summed E-state index contributed by atoms with van der Waals surface area (Å²) in [6.45, 7) is 3.97. The first-order valence-corrected chi connectivity index (χ1v) is 6.67. The van der Waals surface area contributed by atoms with Crippen LogP contribution in [0.5, 0.6) is 0 Å². The van der Waals surface area contributed by atoms with Gasteiger partial charge in [-0.3, -0.25) is 0 Å². The van der Waals surface area contributed by atoms with Gasteiger partial charge in [-0.05, 0) is 37.5 Å². The quantitative estimate of drug-likeness (QED) is 0.783. The highest BCUT2D eigenvalue weighted by Gasteiger charge is 2.21. The van der Waals surface area contributed by atoms with Gasteiger partial charge in [0, 0.05) is 20.2 Å². The summed E-state index contributed by atoms with van der Waals surface area (Å²) >= 11 is 0. The number of benzene rings is 1. The first-order valence-electron chi connectivity index (χ1n) is 6.67. The maximum Gasteiger partial charge on any atom is 0.339 e. The molecule has 2 rings (SSSR count). The number of hydrogen-bond acceptors (Lipinski definition) is 4. The van der Waals surface area contributed by atoms with Crippen LogP contribution in [-0.2, 0) is 9.47 Å². The van der Waals surface area contributed by atoms with Crippen molar-refractivity contribution >= 4 is 11.7 Å². The standard InChI is InChI=1S/C15H21NO3/c1-11(18-2)12-6-7-14(16-8-4-5-9-16)13(10-12)15(17)19-3/h6-7,10-11H,4-5,8-9H2,1-3H3. The van der Waals surface area contributed by atoms with Crippen LogP contribution in [0.1, 0.15) is 41.8 Å². The second kappa shape index (κ2) is 6.06. The molecule has 0 saturated carbocycles. The van der Waals surface area contributed by atoms with Crippen LogP contribution in [0.2, 0.25) is 0 Å². The molecule has 4 heteroatoms. The molecule has 0 aliphatic carbocycles. The van der Waals surface area contributed by atoms with E-state index in [1.54, 1.807) is 7.11 Å². The molecule has 1 unspecified atom stereocenters. The van der Waals surface area contributed by atoms with Crippen molar-refractivity contribution in [2.24, 2.45) is 0 Å². The molecule has 4 nitrogen and oxygen atoms in total. The number of esters is 1. The van der Waals surface area contributed by atoms with Gasteiger partial charge in [-0.1, -0.05) is 6.07 Å². The summed E-state index contributed by atoms with van der Waals surface area (Å²) in [4.78, 5) is 14.2. The molecule has 1 aromatic rings. The minimum absolute atomic E-state index is 0.0314. The zero-order chi connectivity index (χ0) is 13.8. The number of carbonyl (C=O) groups is 1. The molecule has 1 aliphatic heterocycles. The normalized spacial score (nSPS) is 16.5. The number of rotatable bonds is 4. The first kappa shape index (κ1) is 13.9. The van der Waals surface area contributed by atoms with E-state index < -0.39 is 0 Å². The average molecular weight is 263 g/mol. The van der Waals surface area contributed by atoms with Crippen molar-refractivity contribution in [3.05, 3.63) is 29.3 Å². The van der Waals surface area contributed by atoms with Crippen LogP contribution >= 0.6 is 0 Å². The largest absolute Gasteiger partial charge is 0.465 e. The highest BCUT2D eigenvalue weighted by molar-refractivity contribution is 5.96. The molecule has 1 fully saturated rings. The molecule has 0 spiro atoms. The Bertz CT molecular complexity index is 453. The molecule has 1 saturated heterocycles.